The Morgan fingerprint density at radius 3 is 2.70 bits per heavy atom. The number of methoxy groups -OCH3 is 1. The third kappa shape index (κ3) is 3.98. The van der Waals surface area contributed by atoms with Crippen molar-refractivity contribution in [3.05, 3.63) is 65.9 Å². The van der Waals surface area contributed by atoms with E-state index in [2.05, 4.69) is 23.3 Å². The predicted molar refractivity (Wildman–Crippen MR) is 104 cm³/mol. The number of nitrogens with zero attached hydrogens (tertiary/aromatic N) is 2. The van der Waals surface area contributed by atoms with E-state index in [9.17, 15) is 0 Å². The number of rotatable bonds is 6. The second-order valence-electron chi connectivity index (χ2n) is 6.74. The average molecular weight is 364 g/mol. The molecule has 3 aromatic rings. The molecule has 140 valence electrons. The van der Waals surface area contributed by atoms with Crippen LogP contribution in [0.1, 0.15) is 24.1 Å². The van der Waals surface area contributed by atoms with Gasteiger partial charge in [-0.1, -0.05) is 30.3 Å². The lowest BCUT2D eigenvalue weighted by atomic mass is 10.1. The van der Waals surface area contributed by atoms with Crippen LogP contribution in [0.2, 0.25) is 0 Å². The van der Waals surface area contributed by atoms with Crippen LogP contribution in [0, 0.1) is 6.92 Å². The first kappa shape index (κ1) is 17.6. The fourth-order valence-corrected chi connectivity index (χ4v) is 3.37. The maximum absolute atomic E-state index is 6.05. The van der Waals surface area contributed by atoms with Gasteiger partial charge in [0.1, 0.15) is 0 Å². The van der Waals surface area contributed by atoms with Gasteiger partial charge >= 0.3 is 0 Å². The van der Waals surface area contributed by atoms with Gasteiger partial charge in [-0.05, 0) is 43.2 Å². The second kappa shape index (κ2) is 7.84. The molecule has 1 fully saturated rings. The second-order valence-corrected chi connectivity index (χ2v) is 6.74. The van der Waals surface area contributed by atoms with Gasteiger partial charge in [-0.2, -0.15) is 5.10 Å². The van der Waals surface area contributed by atoms with Crippen molar-refractivity contribution >= 4 is 0 Å². The van der Waals surface area contributed by atoms with Gasteiger partial charge in [0.25, 0.3) is 0 Å². The molecule has 1 aliphatic rings. The molecule has 5 heteroatoms. The molecule has 4 rings (SSSR count). The topological polar surface area (TPSA) is 45.5 Å². The summed E-state index contributed by atoms with van der Waals surface area (Å²) in [4.78, 5) is 0. The van der Waals surface area contributed by atoms with Crippen LogP contribution >= 0.6 is 0 Å². The fourth-order valence-electron chi connectivity index (χ4n) is 3.37. The lowest BCUT2D eigenvalue weighted by molar-refractivity contribution is -0.0402. The van der Waals surface area contributed by atoms with Crippen molar-refractivity contribution in [2.24, 2.45) is 0 Å². The van der Waals surface area contributed by atoms with E-state index in [1.54, 1.807) is 7.11 Å². The molecule has 0 bridgehead atoms. The molecule has 0 radical (unpaired) electrons. The number of hydrogen-bond donors (Lipinski definition) is 0. The van der Waals surface area contributed by atoms with Crippen molar-refractivity contribution in [3.63, 3.8) is 0 Å². The van der Waals surface area contributed by atoms with E-state index in [4.69, 9.17) is 14.2 Å². The summed E-state index contributed by atoms with van der Waals surface area (Å²) < 4.78 is 19.2. The highest BCUT2D eigenvalue weighted by molar-refractivity contribution is 5.65. The Labute approximate surface area is 159 Å². The number of aromatic nitrogens is 2. The smallest absolute Gasteiger partial charge is 0.200 e. The summed E-state index contributed by atoms with van der Waals surface area (Å²) in [6.45, 7) is 3.48. The van der Waals surface area contributed by atoms with Gasteiger partial charge in [-0.25, -0.2) is 0 Å². The molecule has 0 saturated carbocycles. The summed E-state index contributed by atoms with van der Waals surface area (Å²) in [5, 5.41) is 4.68. The molecule has 0 aliphatic carbocycles. The summed E-state index contributed by atoms with van der Waals surface area (Å²) in [6.07, 6.45) is 1.72. The first-order chi connectivity index (χ1) is 13.2. The Hall–Kier alpha value is -2.79. The zero-order valence-electron chi connectivity index (χ0n) is 15.7. The Morgan fingerprint density at radius 2 is 1.96 bits per heavy atom. The summed E-state index contributed by atoms with van der Waals surface area (Å²) in [6, 6.07) is 18.4. The van der Waals surface area contributed by atoms with Crippen LogP contribution in [-0.2, 0) is 11.3 Å². The third-order valence-electron chi connectivity index (χ3n) is 4.68. The maximum atomic E-state index is 6.05. The van der Waals surface area contributed by atoms with Crippen LogP contribution < -0.4 is 9.47 Å². The first-order valence-corrected chi connectivity index (χ1v) is 9.28. The van der Waals surface area contributed by atoms with Gasteiger partial charge in [0.2, 0.25) is 0 Å². The number of ether oxygens (including phenoxy) is 3. The summed E-state index contributed by atoms with van der Waals surface area (Å²) in [5.41, 5.74) is 4.29. The van der Waals surface area contributed by atoms with Crippen molar-refractivity contribution in [1.29, 1.82) is 0 Å². The average Bonchev–Trinajstić information content (AvgIpc) is 3.32. The van der Waals surface area contributed by atoms with Crippen LogP contribution in [0.5, 0.6) is 11.5 Å². The molecule has 2 heterocycles. The van der Waals surface area contributed by atoms with Gasteiger partial charge in [0.05, 0.1) is 31.6 Å². The van der Waals surface area contributed by atoms with Gasteiger partial charge in [-0.3, -0.25) is 4.68 Å². The van der Waals surface area contributed by atoms with E-state index in [0.29, 0.717) is 11.5 Å². The molecule has 0 amide bonds. The maximum Gasteiger partial charge on any atom is 0.200 e. The quantitative estimate of drug-likeness (QED) is 0.649. The Kier molecular flexibility index (Phi) is 5.12. The molecule has 1 aromatic heterocycles. The Morgan fingerprint density at radius 1 is 1.11 bits per heavy atom. The highest BCUT2D eigenvalue weighted by Gasteiger charge is 2.20. The van der Waals surface area contributed by atoms with Crippen LogP contribution in [0.4, 0.5) is 0 Å². The largest absolute Gasteiger partial charge is 0.493 e. The molecule has 1 saturated heterocycles. The predicted octanol–water partition coefficient (Wildman–Crippen LogP) is 4.43. The molecule has 0 N–H and O–H groups in total. The Bertz CT molecular complexity index is 899. The molecule has 0 spiro atoms. The third-order valence-corrected chi connectivity index (χ3v) is 4.68. The minimum Gasteiger partial charge on any atom is -0.493 e. The van der Waals surface area contributed by atoms with Gasteiger partial charge < -0.3 is 14.2 Å². The van der Waals surface area contributed by atoms with E-state index in [1.807, 2.05) is 48.0 Å². The molecule has 1 atom stereocenters. The standard InChI is InChI=1S/C22H24N2O3/c1-16-13-19(24(23-16)15-17-7-4-3-5-8-17)18-10-11-20(25-2)21(14-18)27-22-9-6-12-26-22/h3-5,7-8,10-11,13-14,22H,6,9,12,15H2,1-2H3/t22-/m0/s1. The van der Waals surface area contributed by atoms with E-state index in [-0.39, 0.29) is 6.29 Å². The van der Waals surface area contributed by atoms with Crippen molar-refractivity contribution in [3.8, 4) is 22.8 Å². The van der Waals surface area contributed by atoms with Crippen molar-refractivity contribution in [2.45, 2.75) is 32.6 Å². The van der Waals surface area contributed by atoms with E-state index < -0.39 is 0 Å². The SMILES string of the molecule is COc1ccc(-c2cc(C)nn2Cc2ccccc2)cc1O[C@H]1CCCO1. The zero-order chi connectivity index (χ0) is 18.6. The normalized spacial score (nSPS) is 16.4. The van der Waals surface area contributed by atoms with Crippen LogP contribution in [0.25, 0.3) is 11.3 Å². The first-order valence-electron chi connectivity index (χ1n) is 9.28. The molecule has 27 heavy (non-hydrogen) atoms. The fraction of sp³-hybridized carbons (Fsp3) is 0.318. The number of aryl methyl sites for hydroxylation is 1. The minimum absolute atomic E-state index is 0.204. The van der Waals surface area contributed by atoms with Gasteiger partial charge in [0, 0.05) is 12.0 Å². The highest BCUT2D eigenvalue weighted by atomic mass is 16.7. The van der Waals surface area contributed by atoms with Gasteiger partial charge in [-0.15, -0.1) is 0 Å². The molecule has 5 nitrogen and oxygen atoms in total. The molecular formula is C22H24N2O3. The van der Waals surface area contributed by atoms with Gasteiger partial charge in [0.15, 0.2) is 17.8 Å². The molecule has 2 aromatic carbocycles. The highest BCUT2D eigenvalue weighted by Crippen LogP contribution is 2.34. The van der Waals surface area contributed by atoms with E-state index in [0.717, 1.165) is 42.9 Å². The van der Waals surface area contributed by atoms with Crippen molar-refractivity contribution < 1.29 is 14.2 Å². The summed E-state index contributed by atoms with van der Waals surface area (Å²) >= 11 is 0. The van der Waals surface area contributed by atoms with E-state index in [1.165, 1.54) is 5.56 Å². The lowest BCUT2D eigenvalue weighted by Crippen LogP contribution is -2.14. The molecular weight excluding hydrogens is 340 g/mol. The van der Waals surface area contributed by atoms with Crippen molar-refractivity contribution in [2.75, 3.05) is 13.7 Å². The number of benzene rings is 2. The van der Waals surface area contributed by atoms with Crippen LogP contribution in [0.15, 0.2) is 54.6 Å². The number of hydrogen-bond acceptors (Lipinski definition) is 4. The Balaban J connectivity index is 1.66. The minimum atomic E-state index is -0.204. The van der Waals surface area contributed by atoms with Crippen molar-refractivity contribution in [1.82, 2.24) is 9.78 Å². The van der Waals surface area contributed by atoms with E-state index >= 15 is 0 Å². The van der Waals surface area contributed by atoms with Crippen LogP contribution in [0.3, 0.4) is 0 Å². The van der Waals surface area contributed by atoms with Crippen LogP contribution in [-0.4, -0.2) is 29.8 Å². The molecule has 0 unspecified atom stereocenters. The lowest BCUT2D eigenvalue weighted by Gasteiger charge is -2.17. The zero-order valence-corrected chi connectivity index (χ0v) is 15.7. The molecule has 1 aliphatic heterocycles. The summed E-state index contributed by atoms with van der Waals surface area (Å²) in [7, 11) is 1.65. The monoisotopic (exact) mass is 364 g/mol. The summed E-state index contributed by atoms with van der Waals surface area (Å²) in [5.74, 6) is 1.41.